The number of nitrogens with zero attached hydrogens (tertiary/aromatic N) is 4. The molecule has 17 heavy (non-hydrogen) atoms. The maximum atomic E-state index is 10.3. The van der Waals surface area contributed by atoms with Gasteiger partial charge in [0.25, 0.3) is 0 Å². The van der Waals surface area contributed by atoms with Crippen LogP contribution in [-0.4, -0.2) is 25.1 Å². The third-order valence-electron chi connectivity index (χ3n) is 2.41. The predicted molar refractivity (Wildman–Crippen MR) is 66.3 cm³/mol. The molecular weight excluding hydrogens is 284 g/mol. The molecule has 2 aromatic heterocycles. The van der Waals surface area contributed by atoms with Crippen molar-refractivity contribution in [3.63, 3.8) is 0 Å². The number of rotatable bonds is 4. The summed E-state index contributed by atoms with van der Waals surface area (Å²) in [6.45, 7) is 2.78. The van der Waals surface area contributed by atoms with Crippen molar-refractivity contribution < 1.29 is 5.11 Å². The van der Waals surface area contributed by atoms with E-state index >= 15 is 0 Å². The zero-order chi connectivity index (χ0) is 12.3. The standard InChI is InChI=1S/C11H13BrN4O/c1-2-6-16-9(7-14-15-16)11(17)10-8(12)4-3-5-13-10/h3-5,7,11,17H,2,6H2,1H3. The zero-order valence-corrected chi connectivity index (χ0v) is 11.0. The molecule has 2 rings (SSSR count). The van der Waals surface area contributed by atoms with Gasteiger partial charge in [0.05, 0.1) is 17.6 Å². The van der Waals surface area contributed by atoms with Gasteiger partial charge in [0.2, 0.25) is 0 Å². The summed E-state index contributed by atoms with van der Waals surface area (Å²) in [6.07, 6.45) is 3.35. The SMILES string of the molecule is CCCn1nncc1C(O)c1ncccc1Br. The zero-order valence-electron chi connectivity index (χ0n) is 9.41. The molecule has 0 aliphatic carbocycles. The summed E-state index contributed by atoms with van der Waals surface area (Å²) in [5, 5.41) is 18.0. The first-order chi connectivity index (χ1) is 8.24. The van der Waals surface area contributed by atoms with Crippen LogP contribution in [0.4, 0.5) is 0 Å². The van der Waals surface area contributed by atoms with E-state index in [2.05, 4.69) is 38.1 Å². The number of halogens is 1. The molecule has 0 bridgehead atoms. The molecule has 0 aliphatic rings. The van der Waals surface area contributed by atoms with E-state index in [1.807, 2.05) is 12.1 Å². The average molecular weight is 297 g/mol. The van der Waals surface area contributed by atoms with E-state index in [0.29, 0.717) is 11.4 Å². The van der Waals surface area contributed by atoms with Crippen LogP contribution in [0.25, 0.3) is 0 Å². The highest BCUT2D eigenvalue weighted by Crippen LogP contribution is 2.25. The Labute approximate surface area is 108 Å². The van der Waals surface area contributed by atoms with Crippen LogP contribution in [-0.2, 0) is 6.54 Å². The summed E-state index contributed by atoms with van der Waals surface area (Å²) >= 11 is 3.37. The van der Waals surface area contributed by atoms with Crippen LogP contribution in [0, 0.1) is 0 Å². The van der Waals surface area contributed by atoms with Crippen molar-refractivity contribution in [3.05, 3.63) is 40.4 Å². The lowest BCUT2D eigenvalue weighted by Gasteiger charge is -2.12. The molecule has 2 heterocycles. The minimum absolute atomic E-state index is 0.576. The normalized spacial score (nSPS) is 12.6. The first kappa shape index (κ1) is 12.2. The van der Waals surface area contributed by atoms with Gasteiger partial charge in [-0.15, -0.1) is 5.10 Å². The van der Waals surface area contributed by atoms with Crippen molar-refractivity contribution in [3.8, 4) is 0 Å². The molecule has 1 unspecified atom stereocenters. The van der Waals surface area contributed by atoms with E-state index in [1.54, 1.807) is 17.1 Å². The van der Waals surface area contributed by atoms with E-state index in [1.165, 1.54) is 0 Å². The fourth-order valence-electron chi connectivity index (χ4n) is 1.60. The Morgan fingerprint density at radius 3 is 3.06 bits per heavy atom. The van der Waals surface area contributed by atoms with Crippen LogP contribution >= 0.6 is 15.9 Å². The largest absolute Gasteiger partial charge is 0.380 e. The first-order valence-electron chi connectivity index (χ1n) is 5.41. The highest BCUT2D eigenvalue weighted by atomic mass is 79.9. The molecule has 0 saturated carbocycles. The number of pyridine rings is 1. The number of aliphatic hydroxyl groups is 1. The Bertz CT molecular complexity index is 500. The number of hydrogen-bond acceptors (Lipinski definition) is 4. The topological polar surface area (TPSA) is 63.8 Å². The fraction of sp³-hybridized carbons (Fsp3) is 0.364. The van der Waals surface area contributed by atoms with Gasteiger partial charge >= 0.3 is 0 Å². The van der Waals surface area contributed by atoms with Gasteiger partial charge in [-0.1, -0.05) is 12.1 Å². The molecule has 6 heteroatoms. The number of aryl methyl sites for hydroxylation is 1. The predicted octanol–water partition coefficient (Wildman–Crippen LogP) is 1.93. The number of hydrogen-bond donors (Lipinski definition) is 1. The second-order valence-corrected chi connectivity index (χ2v) is 4.51. The maximum Gasteiger partial charge on any atom is 0.140 e. The molecule has 5 nitrogen and oxygen atoms in total. The van der Waals surface area contributed by atoms with E-state index in [4.69, 9.17) is 0 Å². The quantitative estimate of drug-likeness (QED) is 0.936. The third-order valence-corrected chi connectivity index (χ3v) is 3.08. The molecule has 1 atom stereocenters. The average Bonchev–Trinajstić information content (AvgIpc) is 2.78. The minimum Gasteiger partial charge on any atom is -0.380 e. The summed E-state index contributed by atoms with van der Waals surface area (Å²) < 4.78 is 2.47. The fourth-order valence-corrected chi connectivity index (χ4v) is 2.07. The lowest BCUT2D eigenvalue weighted by atomic mass is 10.2. The van der Waals surface area contributed by atoms with Crippen LogP contribution in [0.2, 0.25) is 0 Å². The Balaban J connectivity index is 2.34. The molecule has 0 fully saturated rings. The van der Waals surface area contributed by atoms with Crippen LogP contribution in [0.5, 0.6) is 0 Å². The van der Waals surface area contributed by atoms with Gasteiger partial charge in [0.1, 0.15) is 6.10 Å². The van der Waals surface area contributed by atoms with Gasteiger partial charge in [-0.25, -0.2) is 4.68 Å². The Morgan fingerprint density at radius 2 is 2.35 bits per heavy atom. The summed E-state index contributed by atoms with van der Waals surface area (Å²) in [4.78, 5) is 4.17. The number of aromatic nitrogens is 4. The van der Waals surface area contributed by atoms with E-state index < -0.39 is 6.10 Å². The first-order valence-corrected chi connectivity index (χ1v) is 6.20. The molecule has 2 aromatic rings. The van der Waals surface area contributed by atoms with Crippen molar-refractivity contribution in [2.45, 2.75) is 26.0 Å². The van der Waals surface area contributed by atoms with Crippen molar-refractivity contribution in [1.29, 1.82) is 0 Å². The highest BCUT2D eigenvalue weighted by Gasteiger charge is 2.19. The van der Waals surface area contributed by atoms with Crippen LogP contribution in [0.3, 0.4) is 0 Å². The van der Waals surface area contributed by atoms with E-state index in [9.17, 15) is 5.11 Å². The Hall–Kier alpha value is -1.27. The van der Waals surface area contributed by atoms with Crippen LogP contribution in [0.1, 0.15) is 30.8 Å². The van der Waals surface area contributed by atoms with Gasteiger partial charge in [0.15, 0.2) is 0 Å². The van der Waals surface area contributed by atoms with Gasteiger partial charge in [-0.3, -0.25) is 4.98 Å². The van der Waals surface area contributed by atoms with Crippen LogP contribution < -0.4 is 0 Å². The molecule has 90 valence electrons. The lowest BCUT2D eigenvalue weighted by molar-refractivity contribution is 0.201. The minimum atomic E-state index is -0.813. The Morgan fingerprint density at radius 1 is 1.53 bits per heavy atom. The second-order valence-electron chi connectivity index (χ2n) is 3.66. The summed E-state index contributed by atoms with van der Waals surface area (Å²) in [5.41, 5.74) is 1.23. The molecule has 0 saturated heterocycles. The van der Waals surface area contributed by atoms with Gasteiger partial charge < -0.3 is 5.11 Å². The van der Waals surface area contributed by atoms with E-state index in [-0.39, 0.29) is 0 Å². The number of aliphatic hydroxyl groups excluding tert-OH is 1. The maximum absolute atomic E-state index is 10.3. The molecule has 0 radical (unpaired) electrons. The molecule has 0 amide bonds. The molecular formula is C11H13BrN4O. The highest BCUT2D eigenvalue weighted by molar-refractivity contribution is 9.10. The van der Waals surface area contributed by atoms with Gasteiger partial charge in [-0.2, -0.15) is 0 Å². The van der Waals surface area contributed by atoms with Gasteiger partial charge in [0, 0.05) is 17.2 Å². The summed E-state index contributed by atoms with van der Waals surface area (Å²) in [6, 6.07) is 3.65. The van der Waals surface area contributed by atoms with Crippen molar-refractivity contribution in [2.24, 2.45) is 0 Å². The summed E-state index contributed by atoms with van der Waals surface area (Å²) in [7, 11) is 0. The molecule has 0 aromatic carbocycles. The molecule has 0 spiro atoms. The van der Waals surface area contributed by atoms with Crippen molar-refractivity contribution in [2.75, 3.05) is 0 Å². The Kier molecular flexibility index (Phi) is 3.86. The van der Waals surface area contributed by atoms with Crippen LogP contribution in [0.15, 0.2) is 29.0 Å². The lowest BCUT2D eigenvalue weighted by Crippen LogP contribution is -2.11. The van der Waals surface area contributed by atoms with Crippen molar-refractivity contribution in [1.82, 2.24) is 20.0 Å². The van der Waals surface area contributed by atoms with Gasteiger partial charge in [-0.05, 0) is 34.5 Å². The summed E-state index contributed by atoms with van der Waals surface area (Å²) in [5.74, 6) is 0. The van der Waals surface area contributed by atoms with Crippen molar-refractivity contribution >= 4 is 15.9 Å². The second kappa shape index (κ2) is 5.37. The molecule has 1 N–H and O–H groups in total. The smallest absolute Gasteiger partial charge is 0.140 e. The third kappa shape index (κ3) is 2.53. The molecule has 0 aliphatic heterocycles. The monoisotopic (exact) mass is 296 g/mol. The van der Waals surface area contributed by atoms with E-state index in [0.717, 1.165) is 17.4 Å².